The van der Waals surface area contributed by atoms with E-state index in [0.717, 1.165) is 5.56 Å². The number of benzene rings is 2. The van der Waals surface area contributed by atoms with Gasteiger partial charge in [-0.05, 0) is 48.6 Å². The molecule has 0 saturated carbocycles. The molecule has 1 spiro atoms. The van der Waals surface area contributed by atoms with Crippen LogP contribution in [0.25, 0.3) is 0 Å². The number of carbonyl (C=O) groups excluding carboxylic acids is 4. The van der Waals surface area contributed by atoms with Gasteiger partial charge in [0.2, 0.25) is 11.8 Å². The van der Waals surface area contributed by atoms with Crippen molar-refractivity contribution in [3.8, 4) is 0 Å². The van der Waals surface area contributed by atoms with Crippen molar-refractivity contribution >= 4 is 56.9 Å². The molecule has 3 aliphatic heterocycles. The minimum absolute atomic E-state index is 0.114. The molecular formula is C38H45BrClN3O7. The van der Waals surface area contributed by atoms with E-state index in [1.165, 1.54) is 9.80 Å². The van der Waals surface area contributed by atoms with Gasteiger partial charge in [0.05, 0.1) is 36.6 Å². The number of aliphatic hydroxyl groups is 1. The molecule has 2 bridgehead atoms. The van der Waals surface area contributed by atoms with E-state index in [9.17, 15) is 24.3 Å². The van der Waals surface area contributed by atoms with Crippen molar-refractivity contribution in [2.45, 2.75) is 74.2 Å². The summed E-state index contributed by atoms with van der Waals surface area (Å²) in [6.07, 6.45) is 4.08. The molecule has 3 fully saturated rings. The van der Waals surface area contributed by atoms with Gasteiger partial charge in [-0.2, -0.15) is 0 Å². The fourth-order valence-corrected chi connectivity index (χ4v) is 8.75. The number of rotatable bonds is 16. The number of amides is 3. The van der Waals surface area contributed by atoms with Crippen molar-refractivity contribution in [1.82, 2.24) is 10.2 Å². The van der Waals surface area contributed by atoms with Gasteiger partial charge in [-0.25, -0.2) is 0 Å². The second kappa shape index (κ2) is 16.2. The van der Waals surface area contributed by atoms with E-state index < -0.39 is 65.4 Å². The number of nitrogens with one attached hydrogen (secondary N) is 1. The average molecular weight is 771 g/mol. The third kappa shape index (κ3) is 7.15. The number of alkyl halides is 1. The number of aliphatic hydroxyl groups excluding tert-OH is 1. The molecule has 1 unspecified atom stereocenters. The fraction of sp³-hybridized carbons (Fsp3) is 0.474. The van der Waals surface area contributed by atoms with Gasteiger partial charge in [-0.15, -0.1) is 13.2 Å². The molecule has 3 heterocycles. The zero-order valence-corrected chi connectivity index (χ0v) is 30.7. The maximum atomic E-state index is 14.9. The summed E-state index contributed by atoms with van der Waals surface area (Å²) in [6.45, 7) is 11.1. The Bertz CT molecular complexity index is 1580. The van der Waals surface area contributed by atoms with Crippen LogP contribution in [0.2, 0.25) is 5.02 Å². The number of anilines is 1. The molecule has 10 nitrogen and oxygen atoms in total. The predicted octanol–water partition coefficient (Wildman–Crippen LogP) is 5.38. The molecule has 0 aromatic heterocycles. The van der Waals surface area contributed by atoms with Crippen molar-refractivity contribution in [3.05, 3.63) is 90.5 Å². The van der Waals surface area contributed by atoms with E-state index in [-0.39, 0.29) is 36.9 Å². The van der Waals surface area contributed by atoms with E-state index in [1.54, 1.807) is 36.4 Å². The van der Waals surface area contributed by atoms with E-state index in [2.05, 4.69) is 34.4 Å². The summed E-state index contributed by atoms with van der Waals surface area (Å²) in [5.74, 6) is -3.82. The smallest absolute Gasteiger partial charge is 0.306 e. The van der Waals surface area contributed by atoms with Gasteiger partial charge in [0.1, 0.15) is 18.2 Å². The SMILES string of the molecule is C=CCCC(=O)OC[C@H](NC(=O)[C@H]1[C@@H]2O[C@@]3(CC2Br)[C@@H]1C(=O)N([C@@H](CO)[C@@H](C)CC)[C@@H]3C(=O)N(CC=C)c1ccc(Cl)cc1)c1ccccc1. The Labute approximate surface area is 306 Å². The van der Waals surface area contributed by atoms with Crippen LogP contribution in [0.1, 0.15) is 51.1 Å². The van der Waals surface area contributed by atoms with Crippen molar-refractivity contribution < 1.29 is 33.8 Å². The first-order chi connectivity index (χ1) is 24.0. The second-order valence-electron chi connectivity index (χ2n) is 13.2. The van der Waals surface area contributed by atoms with E-state index >= 15 is 0 Å². The van der Waals surface area contributed by atoms with Crippen LogP contribution < -0.4 is 10.2 Å². The maximum Gasteiger partial charge on any atom is 0.306 e. The van der Waals surface area contributed by atoms with Crippen LogP contribution in [0.15, 0.2) is 79.9 Å². The molecule has 9 atom stereocenters. The minimum atomic E-state index is -1.36. The third-order valence-electron chi connectivity index (χ3n) is 10.3. The lowest BCUT2D eigenvalue weighted by atomic mass is 9.70. The molecule has 12 heteroatoms. The zero-order valence-electron chi connectivity index (χ0n) is 28.4. The predicted molar refractivity (Wildman–Crippen MR) is 195 cm³/mol. The highest BCUT2D eigenvalue weighted by atomic mass is 79.9. The monoisotopic (exact) mass is 769 g/mol. The van der Waals surface area contributed by atoms with E-state index in [4.69, 9.17) is 21.1 Å². The highest BCUT2D eigenvalue weighted by Crippen LogP contribution is 2.61. The van der Waals surface area contributed by atoms with Gasteiger partial charge in [0.15, 0.2) is 0 Å². The minimum Gasteiger partial charge on any atom is -0.463 e. The zero-order chi connectivity index (χ0) is 36.2. The lowest BCUT2D eigenvalue weighted by molar-refractivity contribution is -0.147. The summed E-state index contributed by atoms with van der Waals surface area (Å²) >= 11 is 9.91. The van der Waals surface area contributed by atoms with Gasteiger partial charge < -0.3 is 29.7 Å². The second-order valence-corrected chi connectivity index (χ2v) is 14.9. The Balaban J connectivity index is 1.53. The summed E-state index contributed by atoms with van der Waals surface area (Å²) in [7, 11) is 0. The first-order valence-corrected chi connectivity index (χ1v) is 18.4. The van der Waals surface area contributed by atoms with Crippen LogP contribution >= 0.6 is 27.5 Å². The van der Waals surface area contributed by atoms with Crippen LogP contribution in [0, 0.1) is 17.8 Å². The maximum absolute atomic E-state index is 14.9. The molecular weight excluding hydrogens is 726 g/mol. The largest absolute Gasteiger partial charge is 0.463 e. The summed E-state index contributed by atoms with van der Waals surface area (Å²) in [5, 5.41) is 14.3. The number of allylic oxidation sites excluding steroid dienone is 1. The number of halogens is 2. The van der Waals surface area contributed by atoms with E-state index in [1.807, 2.05) is 44.2 Å². The Kier molecular flexibility index (Phi) is 12.2. The first-order valence-electron chi connectivity index (χ1n) is 17.1. The number of esters is 1. The van der Waals surface area contributed by atoms with Gasteiger partial charge in [-0.1, -0.05) is 90.3 Å². The van der Waals surface area contributed by atoms with Crippen LogP contribution in [0.4, 0.5) is 5.69 Å². The number of ether oxygens (including phenoxy) is 2. The first kappa shape index (κ1) is 37.7. The highest BCUT2D eigenvalue weighted by molar-refractivity contribution is 9.09. The van der Waals surface area contributed by atoms with E-state index in [0.29, 0.717) is 30.0 Å². The third-order valence-corrected chi connectivity index (χ3v) is 11.4. The molecule has 2 aromatic rings. The Hall–Kier alpha value is -3.51. The number of likely N-dealkylation sites (tertiary alicyclic amines) is 1. The highest BCUT2D eigenvalue weighted by Gasteiger charge is 2.77. The van der Waals surface area contributed by atoms with Crippen LogP contribution in [0.3, 0.4) is 0 Å². The molecule has 0 aliphatic carbocycles. The summed E-state index contributed by atoms with van der Waals surface area (Å²) in [6, 6.07) is 13.4. The number of fused-ring (bicyclic) bond motifs is 1. The lowest BCUT2D eigenvalue weighted by Gasteiger charge is -2.41. The average Bonchev–Trinajstić information content (AvgIpc) is 3.72. The Morgan fingerprint density at radius 3 is 2.50 bits per heavy atom. The van der Waals surface area contributed by atoms with Crippen molar-refractivity contribution in [2.75, 3.05) is 24.7 Å². The standard InChI is InChI=1S/C38H45BrClN3O7/c1-5-8-14-30(45)49-22-28(24-12-10-9-11-13-24)41-35(46)31-32-36(47)43(29(21-44)23(4)7-3)34(38(32)20-27(39)33(31)50-38)37(48)42(19-6-2)26-17-15-25(40)16-18-26/h5-6,9-13,15-18,23,27-29,31-34,44H,1-2,7-8,14,19-22H2,3-4H3,(H,41,46)/t23-,27?,28-,29-,31+,32-,33+,34+,38-/m0/s1. The Morgan fingerprint density at radius 1 is 1.18 bits per heavy atom. The van der Waals surface area contributed by atoms with Crippen molar-refractivity contribution in [3.63, 3.8) is 0 Å². The van der Waals surface area contributed by atoms with Gasteiger partial charge in [0, 0.05) is 28.5 Å². The molecule has 50 heavy (non-hydrogen) atoms. The summed E-state index contributed by atoms with van der Waals surface area (Å²) < 4.78 is 12.3. The summed E-state index contributed by atoms with van der Waals surface area (Å²) in [5.41, 5.74) is -0.0819. The van der Waals surface area contributed by atoms with Crippen LogP contribution in [-0.4, -0.2) is 82.1 Å². The number of nitrogens with zero attached hydrogens (tertiary/aromatic N) is 2. The molecule has 2 aromatic carbocycles. The molecule has 2 N–H and O–H groups in total. The lowest BCUT2D eigenvalue weighted by Crippen LogP contribution is -2.60. The number of hydrogen-bond acceptors (Lipinski definition) is 7. The molecule has 268 valence electrons. The van der Waals surface area contributed by atoms with Crippen molar-refractivity contribution in [2.24, 2.45) is 17.8 Å². The van der Waals surface area contributed by atoms with Crippen LogP contribution in [-0.2, 0) is 28.7 Å². The van der Waals surface area contributed by atoms with Gasteiger partial charge in [-0.3, -0.25) is 19.2 Å². The van der Waals surface area contributed by atoms with Gasteiger partial charge >= 0.3 is 5.97 Å². The van der Waals surface area contributed by atoms with Crippen LogP contribution in [0.5, 0.6) is 0 Å². The normalized spacial score (nSPS) is 26.9. The van der Waals surface area contributed by atoms with Gasteiger partial charge in [0.25, 0.3) is 5.91 Å². The van der Waals surface area contributed by atoms with Crippen molar-refractivity contribution in [1.29, 1.82) is 0 Å². The molecule has 3 amide bonds. The summed E-state index contributed by atoms with van der Waals surface area (Å²) in [4.78, 5) is 59.3. The number of hydrogen-bond donors (Lipinski definition) is 2. The number of carbonyl (C=O) groups is 4. The quantitative estimate of drug-likeness (QED) is 0.134. The Morgan fingerprint density at radius 2 is 1.88 bits per heavy atom. The molecule has 0 radical (unpaired) electrons. The topological polar surface area (TPSA) is 125 Å². The fourth-order valence-electron chi connectivity index (χ4n) is 7.68. The molecule has 5 rings (SSSR count). The molecule has 3 saturated heterocycles. The molecule has 3 aliphatic rings.